The Hall–Kier alpha value is -1.14. The van der Waals surface area contributed by atoms with Crippen molar-refractivity contribution in [1.29, 1.82) is 0 Å². The third-order valence-electron chi connectivity index (χ3n) is 4.07. The lowest BCUT2D eigenvalue weighted by atomic mass is 9.96. The summed E-state index contributed by atoms with van der Waals surface area (Å²) in [7, 11) is 0. The summed E-state index contributed by atoms with van der Waals surface area (Å²) in [6.45, 7) is 4.50. The Labute approximate surface area is 125 Å². The Bertz CT molecular complexity index is 457. The molecule has 0 saturated carbocycles. The number of H-pyrrole nitrogens is 1. The van der Waals surface area contributed by atoms with E-state index in [4.69, 9.17) is 0 Å². The Morgan fingerprint density at radius 1 is 1.35 bits per heavy atom. The van der Waals surface area contributed by atoms with Gasteiger partial charge < -0.3 is 10.2 Å². The molecular formula is C13H22ClN5O. The van der Waals surface area contributed by atoms with Gasteiger partial charge in [0, 0.05) is 19.0 Å². The van der Waals surface area contributed by atoms with Crippen LogP contribution in [0.2, 0.25) is 0 Å². The number of carbonyl (C=O) groups is 1. The van der Waals surface area contributed by atoms with Crippen molar-refractivity contribution in [1.82, 2.24) is 25.4 Å². The molecule has 2 saturated heterocycles. The zero-order valence-electron chi connectivity index (χ0n) is 11.8. The van der Waals surface area contributed by atoms with Crippen LogP contribution in [-0.2, 0) is 4.79 Å². The van der Waals surface area contributed by atoms with Crippen molar-refractivity contribution < 1.29 is 4.79 Å². The fourth-order valence-electron chi connectivity index (χ4n) is 3.05. The summed E-state index contributed by atoms with van der Waals surface area (Å²) < 4.78 is 0. The van der Waals surface area contributed by atoms with Crippen LogP contribution in [0, 0.1) is 6.92 Å². The van der Waals surface area contributed by atoms with Crippen LogP contribution in [0.3, 0.4) is 0 Å². The number of likely N-dealkylation sites (tertiary alicyclic amines) is 1. The standard InChI is InChI=1S/C13H21N5O.ClH/c1-9-15-12(17-16-9)10-4-3-7-18(8-10)13(19)11-5-2-6-14-11;/h10-11,14H,2-8H2,1H3,(H,15,16,17);1H. The van der Waals surface area contributed by atoms with E-state index in [1.54, 1.807) is 0 Å². The van der Waals surface area contributed by atoms with Crippen molar-refractivity contribution in [2.75, 3.05) is 19.6 Å². The van der Waals surface area contributed by atoms with E-state index in [1.807, 2.05) is 11.8 Å². The fourth-order valence-corrected chi connectivity index (χ4v) is 3.05. The van der Waals surface area contributed by atoms with E-state index in [2.05, 4.69) is 20.5 Å². The van der Waals surface area contributed by atoms with Crippen LogP contribution in [0.4, 0.5) is 0 Å². The molecule has 0 radical (unpaired) electrons. The number of piperidine rings is 1. The molecule has 0 spiro atoms. The largest absolute Gasteiger partial charge is 0.341 e. The van der Waals surface area contributed by atoms with Crippen molar-refractivity contribution >= 4 is 18.3 Å². The third kappa shape index (κ3) is 3.12. The molecule has 2 atom stereocenters. The molecule has 7 heteroatoms. The molecular weight excluding hydrogens is 278 g/mol. The van der Waals surface area contributed by atoms with Gasteiger partial charge in [-0.05, 0) is 39.2 Å². The Kier molecular flexibility index (Phi) is 4.99. The van der Waals surface area contributed by atoms with Gasteiger partial charge in [0.05, 0.1) is 6.04 Å². The SMILES string of the molecule is Cc1nc(C2CCCN(C(=O)C3CCCN3)C2)n[nH]1.Cl. The number of aromatic amines is 1. The minimum Gasteiger partial charge on any atom is -0.341 e. The maximum atomic E-state index is 12.4. The van der Waals surface area contributed by atoms with Crippen LogP contribution in [0.5, 0.6) is 0 Å². The van der Waals surface area contributed by atoms with Gasteiger partial charge in [-0.1, -0.05) is 0 Å². The molecule has 3 rings (SSSR count). The van der Waals surface area contributed by atoms with E-state index in [9.17, 15) is 4.79 Å². The highest BCUT2D eigenvalue weighted by atomic mass is 35.5. The average molecular weight is 300 g/mol. The Morgan fingerprint density at radius 2 is 2.20 bits per heavy atom. The molecule has 2 aliphatic rings. The van der Waals surface area contributed by atoms with Crippen molar-refractivity contribution in [3.05, 3.63) is 11.6 Å². The predicted molar refractivity (Wildman–Crippen MR) is 77.9 cm³/mol. The number of amides is 1. The van der Waals surface area contributed by atoms with E-state index >= 15 is 0 Å². The molecule has 2 fully saturated rings. The first-order valence-electron chi connectivity index (χ1n) is 7.15. The molecule has 0 aromatic carbocycles. The monoisotopic (exact) mass is 299 g/mol. The number of carbonyl (C=O) groups excluding carboxylic acids is 1. The lowest BCUT2D eigenvalue weighted by Gasteiger charge is -2.33. The summed E-state index contributed by atoms with van der Waals surface area (Å²) in [5.74, 6) is 2.24. The smallest absolute Gasteiger partial charge is 0.239 e. The molecule has 1 aromatic rings. The van der Waals surface area contributed by atoms with Gasteiger partial charge >= 0.3 is 0 Å². The highest BCUT2D eigenvalue weighted by molar-refractivity contribution is 5.85. The van der Waals surface area contributed by atoms with Crippen molar-refractivity contribution in [2.24, 2.45) is 0 Å². The number of nitrogens with one attached hydrogen (secondary N) is 2. The first kappa shape index (κ1) is 15.3. The number of rotatable bonds is 2. The van der Waals surface area contributed by atoms with Gasteiger partial charge in [-0.2, -0.15) is 5.10 Å². The summed E-state index contributed by atoms with van der Waals surface area (Å²) in [6.07, 6.45) is 4.18. The molecule has 20 heavy (non-hydrogen) atoms. The minimum atomic E-state index is 0. The highest BCUT2D eigenvalue weighted by Crippen LogP contribution is 2.25. The van der Waals surface area contributed by atoms with Gasteiger partial charge in [-0.3, -0.25) is 9.89 Å². The number of aryl methyl sites for hydroxylation is 1. The van der Waals surface area contributed by atoms with E-state index in [1.165, 1.54) is 0 Å². The summed E-state index contributed by atoms with van der Waals surface area (Å²) >= 11 is 0. The molecule has 2 aliphatic heterocycles. The van der Waals surface area contributed by atoms with Crippen LogP contribution < -0.4 is 5.32 Å². The zero-order valence-corrected chi connectivity index (χ0v) is 12.6. The lowest BCUT2D eigenvalue weighted by molar-refractivity contribution is -0.134. The van der Waals surface area contributed by atoms with Crippen LogP contribution in [-0.4, -0.2) is 51.7 Å². The second-order valence-electron chi connectivity index (χ2n) is 5.55. The lowest BCUT2D eigenvalue weighted by Crippen LogP contribution is -2.47. The molecule has 2 N–H and O–H groups in total. The molecule has 0 aliphatic carbocycles. The maximum absolute atomic E-state index is 12.4. The predicted octanol–water partition coefficient (Wildman–Crippen LogP) is 0.993. The van der Waals surface area contributed by atoms with Gasteiger partial charge in [-0.25, -0.2) is 4.98 Å². The topological polar surface area (TPSA) is 73.9 Å². The van der Waals surface area contributed by atoms with Gasteiger partial charge in [0.25, 0.3) is 0 Å². The second kappa shape index (κ2) is 6.54. The van der Waals surface area contributed by atoms with Crippen LogP contribution >= 0.6 is 12.4 Å². The first-order valence-corrected chi connectivity index (χ1v) is 7.15. The summed E-state index contributed by atoms with van der Waals surface area (Å²) in [6, 6.07) is 0.0348. The first-order chi connectivity index (χ1) is 9.24. The number of aromatic nitrogens is 3. The van der Waals surface area contributed by atoms with Crippen molar-refractivity contribution in [2.45, 2.75) is 44.6 Å². The molecule has 0 bridgehead atoms. The third-order valence-corrected chi connectivity index (χ3v) is 4.07. The summed E-state index contributed by atoms with van der Waals surface area (Å²) in [5, 5.41) is 10.4. The van der Waals surface area contributed by atoms with Gasteiger partial charge in [0.15, 0.2) is 5.82 Å². The van der Waals surface area contributed by atoms with Crippen molar-refractivity contribution in [3.63, 3.8) is 0 Å². The Morgan fingerprint density at radius 3 is 2.85 bits per heavy atom. The summed E-state index contributed by atoms with van der Waals surface area (Å²) in [5.41, 5.74) is 0. The van der Waals surface area contributed by atoms with Gasteiger partial charge in [-0.15, -0.1) is 12.4 Å². The summed E-state index contributed by atoms with van der Waals surface area (Å²) in [4.78, 5) is 18.8. The molecule has 6 nitrogen and oxygen atoms in total. The quantitative estimate of drug-likeness (QED) is 0.854. The van der Waals surface area contributed by atoms with Crippen LogP contribution in [0.15, 0.2) is 0 Å². The normalized spacial score (nSPS) is 26.4. The fraction of sp³-hybridized carbons (Fsp3) is 0.769. The number of nitrogens with zero attached hydrogens (tertiary/aromatic N) is 3. The second-order valence-corrected chi connectivity index (χ2v) is 5.55. The Balaban J connectivity index is 0.00000147. The van der Waals surface area contributed by atoms with Crippen molar-refractivity contribution in [3.8, 4) is 0 Å². The van der Waals surface area contributed by atoms with E-state index in [0.29, 0.717) is 0 Å². The van der Waals surface area contributed by atoms with Gasteiger partial charge in [0.1, 0.15) is 5.82 Å². The van der Waals surface area contributed by atoms with Crippen LogP contribution in [0.1, 0.15) is 43.3 Å². The molecule has 3 heterocycles. The molecule has 2 unspecified atom stereocenters. The maximum Gasteiger partial charge on any atom is 0.239 e. The molecule has 112 valence electrons. The van der Waals surface area contributed by atoms with E-state index < -0.39 is 0 Å². The number of hydrogen-bond donors (Lipinski definition) is 2. The van der Waals surface area contributed by atoms with E-state index in [0.717, 1.165) is 57.0 Å². The molecule has 1 aromatic heterocycles. The minimum absolute atomic E-state index is 0. The van der Waals surface area contributed by atoms with E-state index in [-0.39, 0.29) is 30.3 Å². The molecule has 1 amide bonds. The van der Waals surface area contributed by atoms with Gasteiger partial charge in [0.2, 0.25) is 5.91 Å². The highest BCUT2D eigenvalue weighted by Gasteiger charge is 2.31. The van der Waals surface area contributed by atoms with Crippen LogP contribution in [0.25, 0.3) is 0 Å². The average Bonchev–Trinajstić information content (AvgIpc) is 3.09. The number of hydrogen-bond acceptors (Lipinski definition) is 4. The zero-order chi connectivity index (χ0) is 13.2. The number of halogens is 1.